The fourth-order valence-corrected chi connectivity index (χ4v) is 3.41. The van der Waals surface area contributed by atoms with E-state index in [2.05, 4.69) is 21.2 Å². The van der Waals surface area contributed by atoms with Crippen molar-refractivity contribution in [3.8, 4) is 5.75 Å². The molecule has 1 fully saturated rings. The molecule has 5 heteroatoms. The molecule has 0 aliphatic carbocycles. The molecule has 2 heterocycles. The number of hydrogen-bond acceptors (Lipinski definition) is 3. The van der Waals surface area contributed by atoms with Gasteiger partial charge < -0.3 is 14.8 Å². The molecule has 2 unspecified atom stereocenters. The molecule has 2 aliphatic rings. The second kappa shape index (κ2) is 6.14. The number of carbonyl (C=O) groups is 1. The predicted molar refractivity (Wildman–Crippen MR) is 79.5 cm³/mol. The summed E-state index contributed by atoms with van der Waals surface area (Å²) in [5.41, 5.74) is 1.74. The molecular formula is C15H18BrNO3. The summed E-state index contributed by atoms with van der Waals surface area (Å²) in [6, 6.07) is 5.86. The maximum atomic E-state index is 12.0. The maximum Gasteiger partial charge on any atom is 0.255 e. The van der Waals surface area contributed by atoms with Crippen LogP contribution in [0.15, 0.2) is 18.2 Å². The number of benzene rings is 1. The van der Waals surface area contributed by atoms with Crippen LogP contribution < -0.4 is 10.1 Å². The number of nitrogens with one attached hydrogen (secondary N) is 1. The Morgan fingerprint density at radius 2 is 2.25 bits per heavy atom. The van der Waals surface area contributed by atoms with E-state index in [4.69, 9.17) is 9.47 Å². The van der Waals surface area contributed by atoms with E-state index in [1.54, 1.807) is 0 Å². The highest BCUT2D eigenvalue weighted by atomic mass is 79.9. The zero-order chi connectivity index (χ0) is 13.9. The van der Waals surface area contributed by atoms with Crippen LogP contribution >= 0.6 is 15.9 Å². The molecule has 20 heavy (non-hydrogen) atoms. The van der Waals surface area contributed by atoms with Gasteiger partial charge in [-0.15, -0.1) is 0 Å². The van der Waals surface area contributed by atoms with Crippen LogP contribution in [0.3, 0.4) is 0 Å². The van der Waals surface area contributed by atoms with E-state index >= 15 is 0 Å². The molecule has 0 bridgehead atoms. The average Bonchev–Trinajstić information content (AvgIpc) is 2.69. The lowest BCUT2D eigenvalue weighted by atomic mass is 9.93. The van der Waals surface area contributed by atoms with Crippen molar-refractivity contribution in [3.63, 3.8) is 0 Å². The van der Waals surface area contributed by atoms with Gasteiger partial charge >= 0.3 is 0 Å². The summed E-state index contributed by atoms with van der Waals surface area (Å²) in [5.74, 6) is 1.07. The van der Waals surface area contributed by atoms with Crippen molar-refractivity contribution >= 4 is 21.8 Å². The van der Waals surface area contributed by atoms with Gasteiger partial charge in [0.05, 0.1) is 18.7 Å². The number of fused-ring (bicyclic) bond motifs is 1. The Morgan fingerprint density at radius 3 is 3.05 bits per heavy atom. The minimum atomic E-state index is -0.0565. The molecule has 1 aromatic carbocycles. The number of ether oxygens (including phenoxy) is 2. The molecule has 3 rings (SSSR count). The van der Waals surface area contributed by atoms with Gasteiger partial charge in [0.1, 0.15) is 12.4 Å². The predicted octanol–water partition coefficient (Wildman–Crippen LogP) is 2.67. The number of amides is 1. The highest BCUT2D eigenvalue weighted by Crippen LogP contribution is 2.37. The van der Waals surface area contributed by atoms with Crippen molar-refractivity contribution in [2.24, 2.45) is 5.92 Å². The molecule has 1 aromatic rings. The number of rotatable bonds is 2. The molecule has 1 N–H and O–H groups in total. The highest BCUT2D eigenvalue weighted by molar-refractivity contribution is 9.09. The van der Waals surface area contributed by atoms with Crippen molar-refractivity contribution in [2.75, 3.05) is 26.4 Å². The van der Waals surface area contributed by atoms with Crippen molar-refractivity contribution in [1.82, 2.24) is 5.32 Å². The van der Waals surface area contributed by atoms with Gasteiger partial charge in [-0.2, -0.15) is 0 Å². The highest BCUT2D eigenvalue weighted by Gasteiger charge is 2.25. The van der Waals surface area contributed by atoms with Crippen LogP contribution in [0.2, 0.25) is 0 Å². The Morgan fingerprint density at radius 1 is 1.35 bits per heavy atom. The van der Waals surface area contributed by atoms with E-state index in [-0.39, 0.29) is 10.7 Å². The standard InChI is InChI=1S/C15H18BrNO3/c16-14(11-2-1-6-19-9-11)10-3-4-13-12(8-10)15(18)17-5-7-20-13/h3-4,8,11,14H,1-2,5-7,9H2,(H,17,18). The number of alkyl halides is 1. The normalized spacial score (nSPS) is 24.1. The monoisotopic (exact) mass is 339 g/mol. The molecule has 1 saturated heterocycles. The molecular weight excluding hydrogens is 322 g/mol. The van der Waals surface area contributed by atoms with Crippen LogP contribution in [-0.2, 0) is 4.74 Å². The van der Waals surface area contributed by atoms with Gasteiger partial charge in [0.2, 0.25) is 0 Å². The number of carbonyl (C=O) groups excluding carboxylic acids is 1. The lowest BCUT2D eigenvalue weighted by molar-refractivity contribution is 0.0546. The van der Waals surface area contributed by atoms with Crippen LogP contribution in [0, 0.1) is 5.92 Å². The third-order valence-corrected chi connectivity index (χ3v) is 5.10. The van der Waals surface area contributed by atoms with Gasteiger partial charge in [-0.1, -0.05) is 22.0 Å². The first-order chi connectivity index (χ1) is 9.75. The van der Waals surface area contributed by atoms with Crippen LogP contribution in [0.1, 0.15) is 33.6 Å². The van der Waals surface area contributed by atoms with E-state index in [0.29, 0.717) is 30.4 Å². The Kier molecular flexibility index (Phi) is 4.27. The van der Waals surface area contributed by atoms with Gasteiger partial charge in [0.15, 0.2) is 0 Å². The fourth-order valence-electron chi connectivity index (χ4n) is 2.71. The summed E-state index contributed by atoms with van der Waals surface area (Å²) < 4.78 is 11.1. The van der Waals surface area contributed by atoms with E-state index in [0.717, 1.165) is 31.6 Å². The summed E-state index contributed by atoms with van der Waals surface area (Å²) >= 11 is 3.76. The van der Waals surface area contributed by atoms with Crippen molar-refractivity contribution in [3.05, 3.63) is 29.3 Å². The zero-order valence-corrected chi connectivity index (χ0v) is 12.8. The molecule has 0 aromatic heterocycles. The van der Waals surface area contributed by atoms with Crippen LogP contribution in [0.4, 0.5) is 0 Å². The molecule has 0 spiro atoms. The fraction of sp³-hybridized carbons (Fsp3) is 0.533. The third-order valence-electron chi connectivity index (χ3n) is 3.82. The summed E-state index contributed by atoms with van der Waals surface area (Å²) in [6.45, 7) is 2.70. The first-order valence-electron chi connectivity index (χ1n) is 7.02. The maximum absolute atomic E-state index is 12.0. The third kappa shape index (κ3) is 2.83. The molecule has 4 nitrogen and oxygen atoms in total. The topological polar surface area (TPSA) is 47.6 Å². The van der Waals surface area contributed by atoms with E-state index in [1.807, 2.05) is 18.2 Å². The van der Waals surface area contributed by atoms with Gasteiger partial charge in [0, 0.05) is 11.4 Å². The SMILES string of the molecule is O=C1NCCOc2ccc(C(Br)C3CCCOC3)cc21. The average molecular weight is 340 g/mol. The Balaban J connectivity index is 1.85. The Labute approximate surface area is 127 Å². The van der Waals surface area contributed by atoms with Gasteiger partial charge in [-0.3, -0.25) is 4.79 Å². The Bertz CT molecular complexity index is 500. The second-order valence-electron chi connectivity index (χ2n) is 5.24. The molecule has 108 valence electrons. The van der Waals surface area contributed by atoms with Gasteiger partial charge in [-0.05, 0) is 36.5 Å². The van der Waals surface area contributed by atoms with Crippen molar-refractivity contribution in [1.29, 1.82) is 0 Å². The lowest BCUT2D eigenvalue weighted by Crippen LogP contribution is -2.24. The van der Waals surface area contributed by atoms with E-state index in [9.17, 15) is 4.79 Å². The lowest BCUT2D eigenvalue weighted by Gasteiger charge is -2.27. The molecule has 0 saturated carbocycles. The molecule has 2 aliphatic heterocycles. The van der Waals surface area contributed by atoms with E-state index < -0.39 is 0 Å². The van der Waals surface area contributed by atoms with Crippen molar-refractivity contribution < 1.29 is 14.3 Å². The van der Waals surface area contributed by atoms with Gasteiger partial charge in [-0.25, -0.2) is 0 Å². The molecule has 0 radical (unpaired) electrons. The smallest absolute Gasteiger partial charge is 0.255 e. The minimum absolute atomic E-state index is 0.0565. The Hall–Kier alpha value is -1.07. The van der Waals surface area contributed by atoms with Crippen LogP contribution in [0.25, 0.3) is 0 Å². The summed E-state index contributed by atoms with van der Waals surface area (Å²) in [5, 5.41) is 2.84. The zero-order valence-electron chi connectivity index (χ0n) is 11.2. The quantitative estimate of drug-likeness (QED) is 0.842. The van der Waals surface area contributed by atoms with Gasteiger partial charge in [0.25, 0.3) is 5.91 Å². The van der Waals surface area contributed by atoms with E-state index in [1.165, 1.54) is 0 Å². The summed E-state index contributed by atoms with van der Waals surface area (Å²) in [7, 11) is 0. The minimum Gasteiger partial charge on any atom is -0.491 e. The molecule has 1 amide bonds. The van der Waals surface area contributed by atoms with Crippen LogP contribution in [-0.4, -0.2) is 32.3 Å². The first kappa shape index (κ1) is 13.9. The van der Waals surface area contributed by atoms with Crippen LogP contribution in [0.5, 0.6) is 5.75 Å². The summed E-state index contributed by atoms with van der Waals surface area (Å²) in [6.07, 6.45) is 2.25. The number of hydrogen-bond donors (Lipinski definition) is 1. The first-order valence-corrected chi connectivity index (χ1v) is 7.94. The second-order valence-corrected chi connectivity index (χ2v) is 6.23. The molecule has 2 atom stereocenters. The van der Waals surface area contributed by atoms with Crippen molar-refractivity contribution in [2.45, 2.75) is 17.7 Å². The largest absolute Gasteiger partial charge is 0.491 e. The summed E-state index contributed by atoms with van der Waals surface area (Å²) in [4.78, 5) is 12.2. The number of halogens is 1.